The number of nitrogens with two attached hydrogens (primary N) is 1. The third kappa shape index (κ3) is 3.82. The van der Waals surface area contributed by atoms with Crippen molar-refractivity contribution in [2.45, 2.75) is 6.42 Å². The van der Waals surface area contributed by atoms with E-state index < -0.39 is 0 Å². The summed E-state index contributed by atoms with van der Waals surface area (Å²) in [5, 5.41) is 2.98. The van der Waals surface area contributed by atoms with Crippen LogP contribution in [0.2, 0.25) is 0 Å². The standard InChI is InChI=1S/C13H18FN3O2/c14-10-1-2-11(15)12(9-10)16-4-3-13(18)17-5-7-19-8-6-17/h1-2,9,16H,3-8,15H2. The van der Waals surface area contributed by atoms with Crippen molar-refractivity contribution in [1.29, 1.82) is 0 Å². The topological polar surface area (TPSA) is 67.6 Å². The zero-order valence-corrected chi connectivity index (χ0v) is 10.7. The monoisotopic (exact) mass is 267 g/mol. The Morgan fingerprint density at radius 3 is 2.89 bits per heavy atom. The van der Waals surface area contributed by atoms with Crippen molar-refractivity contribution in [3.63, 3.8) is 0 Å². The molecule has 2 rings (SSSR count). The van der Waals surface area contributed by atoms with Crippen molar-refractivity contribution in [1.82, 2.24) is 4.90 Å². The van der Waals surface area contributed by atoms with E-state index in [0.29, 0.717) is 50.6 Å². The molecular weight excluding hydrogens is 249 g/mol. The minimum Gasteiger partial charge on any atom is -0.397 e. The first-order valence-corrected chi connectivity index (χ1v) is 6.31. The fourth-order valence-electron chi connectivity index (χ4n) is 1.96. The fourth-order valence-corrected chi connectivity index (χ4v) is 1.96. The number of nitrogen functional groups attached to an aromatic ring is 1. The molecule has 0 saturated carbocycles. The van der Waals surface area contributed by atoms with E-state index in [1.54, 1.807) is 4.90 Å². The van der Waals surface area contributed by atoms with E-state index in [1.165, 1.54) is 18.2 Å². The summed E-state index contributed by atoms with van der Waals surface area (Å²) >= 11 is 0. The quantitative estimate of drug-likeness (QED) is 0.801. The molecule has 5 nitrogen and oxygen atoms in total. The summed E-state index contributed by atoms with van der Waals surface area (Å²) in [5.41, 5.74) is 6.70. The third-order valence-corrected chi connectivity index (χ3v) is 3.03. The number of benzene rings is 1. The predicted molar refractivity (Wildman–Crippen MR) is 71.3 cm³/mol. The normalized spacial score (nSPS) is 15.3. The highest BCUT2D eigenvalue weighted by atomic mass is 19.1. The van der Waals surface area contributed by atoms with E-state index in [9.17, 15) is 9.18 Å². The molecule has 1 aromatic carbocycles. The first-order chi connectivity index (χ1) is 9.16. The molecule has 104 valence electrons. The number of nitrogens with zero attached hydrogens (tertiary/aromatic N) is 1. The van der Waals surface area contributed by atoms with Crippen molar-refractivity contribution in [3.05, 3.63) is 24.0 Å². The predicted octanol–water partition coefficient (Wildman–Crippen LogP) is 1.07. The molecule has 0 aliphatic carbocycles. The van der Waals surface area contributed by atoms with Gasteiger partial charge < -0.3 is 20.7 Å². The Kier molecular flexibility index (Phi) is 4.57. The van der Waals surface area contributed by atoms with Crippen LogP contribution in [0.15, 0.2) is 18.2 Å². The molecule has 1 fully saturated rings. The summed E-state index contributed by atoms with van der Waals surface area (Å²) in [4.78, 5) is 13.6. The second-order valence-corrected chi connectivity index (χ2v) is 4.40. The second kappa shape index (κ2) is 6.38. The molecule has 0 bridgehead atoms. The summed E-state index contributed by atoms with van der Waals surface area (Å²) in [5.74, 6) is -0.276. The maximum absolute atomic E-state index is 13.0. The highest BCUT2D eigenvalue weighted by Crippen LogP contribution is 2.19. The molecular formula is C13H18FN3O2. The summed E-state index contributed by atoms with van der Waals surface area (Å²) < 4.78 is 18.2. The minimum atomic E-state index is -0.351. The van der Waals surface area contributed by atoms with E-state index in [1.807, 2.05) is 0 Å². The van der Waals surface area contributed by atoms with Gasteiger partial charge in [-0.15, -0.1) is 0 Å². The van der Waals surface area contributed by atoms with Crippen molar-refractivity contribution in [2.24, 2.45) is 0 Å². The molecule has 0 radical (unpaired) electrons. The maximum atomic E-state index is 13.0. The summed E-state index contributed by atoms with van der Waals surface area (Å²) in [6.45, 7) is 2.90. The van der Waals surface area contributed by atoms with Gasteiger partial charge in [0.2, 0.25) is 5.91 Å². The van der Waals surface area contributed by atoms with Gasteiger partial charge in [0.05, 0.1) is 24.6 Å². The molecule has 1 aliphatic rings. The van der Waals surface area contributed by atoms with Crippen molar-refractivity contribution in [2.75, 3.05) is 43.9 Å². The lowest BCUT2D eigenvalue weighted by molar-refractivity contribution is -0.134. The number of carbonyl (C=O) groups is 1. The van der Waals surface area contributed by atoms with Crippen molar-refractivity contribution in [3.8, 4) is 0 Å². The van der Waals surface area contributed by atoms with Gasteiger partial charge >= 0.3 is 0 Å². The van der Waals surface area contributed by atoms with Gasteiger partial charge in [-0.3, -0.25) is 4.79 Å². The number of hydrogen-bond acceptors (Lipinski definition) is 4. The summed E-state index contributed by atoms with van der Waals surface area (Å²) in [7, 11) is 0. The summed E-state index contributed by atoms with van der Waals surface area (Å²) in [6, 6.07) is 4.13. The first kappa shape index (κ1) is 13.6. The number of hydrogen-bond donors (Lipinski definition) is 2. The average Bonchev–Trinajstić information content (AvgIpc) is 2.43. The van der Waals surface area contributed by atoms with Gasteiger partial charge in [0.1, 0.15) is 5.82 Å². The zero-order chi connectivity index (χ0) is 13.7. The Bertz CT molecular complexity index is 448. The lowest BCUT2D eigenvalue weighted by Crippen LogP contribution is -2.41. The highest BCUT2D eigenvalue weighted by Gasteiger charge is 2.16. The van der Waals surface area contributed by atoms with E-state index in [-0.39, 0.29) is 11.7 Å². The molecule has 0 atom stereocenters. The molecule has 1 heterocycles. The zero-order valence-electron chi connectivity index (χ0n) is 10.7. The van der Waals surface area contributed by atoms with Crippen LogP contribution in [0.4, 0.5) is 15.8 Å². The Labute approximate surface area is 111 Å². The van der Waals surface area contributed by atoms with Gasteiger partial charge in [-0.25, -0.2) is 4.39 Å². The number of amides is 1. The second-order valence-electron chi connectivity index (χ2n) is 4.40. The molecule has 1 aromatic rings. The van der Waals surface area contributed by atoms with Gasteiger partial charge in [-0.2, -0.15) is 0 Å². The van der Waals surface area contributed by atoms with E-state index in [4.69, 9.17) is 10.5 Å². The van der Waals surface area contributed by atoms with Crippen LogP contribution in [0.25, 0.3) is 0 Å². The minimum absolute atomic E-state index is 0.0748. The van der Waals surface area contributed by atoms with Crippen LogP contribution in [0.1, 0.15) is 6.42 Å². The van der Waals surface area contributed by atoms with E-state index in [2.05, 4.69) is 5.32 Å². The van der Waals surface area contributed by atoms with Crippen molar-refractivity contribution >= 4 is 17.3 Å². The highest BCUT2D eigenvalue weighted by molar-refractivity contribution is 5.77. The molecule has 0 spiro atoms. The van der Waals surface area contributed by atoms with E-state index >= 15 is 0 Å². The van der Waals surface area contributed by atoms with Gasteiger partial charge in [0, 0.05) is 26.1 Å². The SMILES string of the molecule is Nc1ccc(F)cc1NCCC(=O)N1CCOCC1. The number of ether oxygens (including phenoxy) is 1. The fraction of sp³-hybridized carbons (Fsp3) is 0.462. The first-order valence-electron chi connectivity index (χ1n) is 6.31. The molecule has 1 amide bonds. The Balaban J connectivity index is 1.79. The number of halogens is 1. The molecule has 3 N–H and O–H groups in total. The Morgan fingerprint density at radius 1 is 1.42 bits per heavy atom. The van der Waals surface area contributed by atoms with Crippen LogP contribution in [0.3, 0.4) is 0 Å². The van der Waals surface area contributed by atoms with Crippen LogP contribution in [-0.4, -0.2) is 43.7 Å². The molecule has 1 saturated heterocycles. The molecule has 0 aromatic heterocycles. The van der Waals surface area contributed by atoms with Gasteiger partial charge in [0.25, 0.3) is 0 Å². The Morgan fingerprint density at radius 2 is 2.16 bits per heavy atom. The summed E-state index contributed by atoms with van der Waals surface area (Å²) in [6.07, 6.45) is 0.357. The smallest absolute Gasteiger partial charge is 0.224 e. The molecule has 6 heteroatoms. The molecule has 19 heavy (non-hydrogen) atoms. The average molecular weight is 267 g/mol. The van der Waals surface area contributed by atoms with Crippen LogP contribution < -0.4 is 11.1 Å². The van der Waals surface area contributed by atoms with Crippen LogP contribution in [0.5, 0.6) is 0 Å². The number of carbonyl (C=O) groups excluding carboxylic acids is 1. The van der Waals surface area contributed by atoms with Gasteiger partial charge in [0.15, 0.2) is 0 Å². The van der Waals surface area contributed by atoms with Crippen LogP contribution >= 0.6 is 0 Å². The number of morpholine rings is 1. The van der Waals surface area contributed by atoms with E-state index in [0.717, 1.165) is 0 Å². The van der Waals surface area contributed by atoms with Gasteiger partial charge in [-0.05, 0) is 18.2 Å². The van der Waals surface area contributed by atoms with Crippen LogP contribution in [0, 0.1) is 5.82 Å². The number of nitrogens with one attached hydrogen (secondary N) is 1. The number of anilines is 2. The number of rotatable bonds is 4. The van der Waals surface area contributed by atoms with Gasteiger partial charge in [-0.1, -0.05) is 0 Å². The lowest BCUT2D eigenvalue weighted by Gasteiger charge is -2.27. The lowest BCUT2D eigenvalue weighted by atomic mass is 10.2. The third-order valence-electron chi connectivity index (χ3n) is 3.03. The largest absolute Gasteiger partial charge is 0.397 e. The van der Waals surface area contributed by atoms with Crippen LogP contribution in [-0.2, 0) is 9.53 Å². The molecule has 0 unspecified atom stereocenters. The Hall–Kier alpha value is -1.82. The molecule has 1 aliphatic heterocycles. The van der Waals surface area contributed by atoms with Crippen molar-refractivity contribution < 1.29 is 13.9 Å². The maximum Gasteiger partial charge on any atom is 0.224 e.